The van der Waals surface area contributed by atoms with E-state index in [4.69, 9.17) is 0 Å². The molecule has 1 saturated carbocycles. The Kier molecular flexibility index (Phi) is 3.82. The summed E-state index contributed by atoms with van der Waals surface area (Å²) in [6.45, 7) is 5.32. The molecule has 94 valence electrons. The second-order valence-electron chi connectivity index (χ2n) is 4.67. The van der Waals surface area contributed by atoms with Crippen LogP contribution in [0.25, 0.3) is 0 Å². The van der Waals surface area contributed by atoms with Crippen LogP contribution in [0, 0.1) is 6.92 Å². The zero-order valence-corrected chi connectivity index (χ0v) is 11.0. The van der Waals surface area contributed by atoms with Crippen molar-refractivity contribution in [3.63, 3.8) is 0 Å². The summed E-state index contributed by atoms with van der Waals surface area (Å²) in [6, 6.07) is 0.665. The highest BCUT2D eigenvalue weighted by Crippen LogP contribution is 2.28. The summed E-state index contributed by atoms with van der Waals surface area (Å²) < 4.78 is 0. The van der Waals surface area contributed by atoms with Crippen LogP contribution in [0.5, 0.6) is 0 Å². The van der Waals surface area contributed by atoms with Crippen molar-refractivity contribution in [2.75, 3.05) is 23.8 Å². The van der Waals surface area contributed by atoms with E-state index in [1.165, 1.54) is 25.7 Å². The predicted octanol–water partition coefficient (Wildman–Crippen LogP) is 2.60. The highest BCUT2D eigenvalue weighted by atomic mass is 15.2. The average molecular weight is 234 g/mol. The maximum Gasteiger partial charge on any atom is 0.224 e. The minimum Gasteiger partial charge on any atom is -0.357 e. The van der Waals surface area contributed by atoms with Crippen LogP contribution in [0.1, 0.15) is 38.2 Å². The van der Waals surface area contributed by atoms with E-state index in [0.29, 0.717) is 12.0 Å². The fourth-order valence-electron chi connectivity index (χ4n) is 2.64. The van der Waals surface area contributed by atoms with Gasteiger partial charge in [-0.3, -0.25) is 0 Å². The third-order valence-corrected chi connectivity index (χ3v) is 3.55. The Morgan fingerprint density at radius 3 is 2.71 bits per heavy atom. The normalized spacial score (nSPS) is 16.2. The topological polar surface area (TPSA) is 41.1 Å². The van der Waals surface area contributed by atoms with Gasteiger partial charge in [0.05, 0.1) is 0 Å². The van der Waals surface area contributed by atoms with Crippen LogP contribution in [0.2, 0.25) is 0 Å². The lowest BCUT2D eigenvalue weighted by molar-refractivity contribution is 0.611. The summed E-state index contributed by atoms with van der Waals surface area (Å²) in [5.41, 5.74) is 1.16. The maximum atomic E-state index is 4.61. The molecule has 0 aliphatic heterocycles. The van der Waals surface area contributed by atoms with Gasteiger partial charge in [-0.2, -0.15) is 4.98 Å². The molecule has 0 radical (unpaired) electrons. The first kappa shape index (κ1) is 12.1. The molecule has 1 aromatic heterocycles. The Bertz CT molecular complexity index is 372. The third kappa shape index (κ3) is 2.51. The number of hydrogen-bond acceptors (Lipinski definition) is 4. The second kappa shape index (κ2) is 5.34. The van der Waals surface area contributed by atoms with Crippen LogP contribution < -0.4 is 10.2 Å². The van der Waals surface area contributed by atoms with Crippen molar-refractivity contribution in [3.8, 4) is 0 Å². The predicted molar refractivity (Wildman–Crippen MR) is 71.6 cm³/mol. The lowest BCUT2D eigenvalue weighted by Crippen LogP contribution is -2.34. The summed E-state index contributed by atoms with van der Waals surface area (Å²) in [5, 5.41) is 3.02. The Labute approximate surface area is 103 Å². The van der Waals surface area contributed by atoms with Crippen molar-refractivity contribution in [1.82, 2.24) is 9.97 Å². The van der Waals surface area contributed by atoms with E-state index in [1.54, 1.807) is 0 Å². The van der Waals surface area contributed by atoms with Gasteiger partial charge in [0.15, 0.2) is 0 Å². The smallest absolute Gasteiger partial charge is 0.224 e. The number of aromatic nitrogens is 2. The molecule has 4 heteroatoms. The van der Waals surface area contributed by atoms with Gasteiger partial charge in [0, 0.05) is 31.4 Å². The second-order valence-corrected chi connectivity index (χ2v) is 4.67. The van der Waals surface area contributed by atoms with Crippen molar-refractivity contribution in [1.29, 1.82) is 0 Å². The maximum absolute atomic E-state index is 4.61. The van der Waals surface area contributed by atoms with E-state index in [9.17, 15) is 0 Å². The molecule has 2 rings (SSSR count). The van der Waals surface area contributed by atoms with E-state index in [-0.39, 0.29) is 0 Å². The van der Waals surface area contributed by atoms with Gasteiger partial charge in [0.1, 0.15) is 5.82 Å². The highest BCUT2D eigenvalue weighted by molar-refractivity contribution is 5.49. The third-order valence-electron chi connectivity index (χ3n) is 3.55. The van der Waals surface area contributed by atoms with Crippen LogP contribution in [0.3, 0.4) is 0 Å². The van der Waals surface area contributed by atoms with Gasteiger partial charge in [-0.25, -0.2) is 4.98 Å². The molecule has 0 spiro atoms. The summed E-state index contributed by atoms with van der Waals surface area (Å²) in [7, 11) is 1.86. The van der Waals surface area contributed by atoms with Crippen LogP contribution >= 0.6 is 0 Å². The molecule has 0 unspecified atom stereocenters. The summed E-state index contributed by atoms with van der Waals surface area (Å²) >= 11 is 0. The summed E-state index contributed by atoms with van der Waals surface area (Å²) in [4.78, 5) is 11.3. The number of nitrogens with zero attached hydrogens (tertiary/aromatic N) is 3. The molecule has 0 amide bonds. The minimum atomic E-state index is 0.665. The molecule has 0 aromatic carbocycles. The van der Waals surface area contributed by atoms with Gasteiger partial charge in [-0.15, -0.1) is 0 Å². The molecule has 1 fully saturated rings. The zero-order chi connectivity index (χ0) is 12.3. The quantitative estimate of drug-likeness (QED) is 0.869. The van der Waals surface area contributed by atoms with Crippen molar-refractivity contribution in [2.24, 2.45) is 0 Å². The van der Waals surface area contributed by atoms with Crippen molar-refractivity contribution < 1.29 is 0 Å². The molecule has 0 saturated heterocycles. The zero-order valence-electron chi connectivity index (χ0n) is 11.0. The molecule has 1 N–H and O–H groups in total. The monoisotopic (exact) mass is 234 g/mol. The van der Waals surface area contributed by atoms with Gasteiger partial charge >= 0.3 is 0 Å². The number of aryl methyl sites for hydroxylation is 1. The molecule has 1 aliphatic carbocycles. The highest BCUT2D eigenvalue weighted by Gasteiger charge is 2.23. The van der Waals surface area contributed by atoms with Crippen LogP contribution in [-0.4, -0.2) is 29.6 Å². The van der Waals surface area contributed by atoms with E-state index in [0.717, 1.165) is 17.9 Å². The fourth-order valence-corrected chi connectivity index (χ4v) is 2.64. The number of anilines is 2. The molecular weight excluding hydrogens is 212 g/mol. The first-order valence-electron chi connectivity index (χ1n) is 6.54. The van der Waals surface area contributed by atoms with Gasteiger partial charge in [-0.05, 0) is 26.7 Å². The van der Waals surface area contributed by atoms with Crippen LogP contribution in [0.15, 0.2) is 6.20 Å². The fraction of sp³-hybridized carbons (Fsp3) is 0.692. The molecular formula is C13H22N4. The SMILES string of the molecule is CCN(c1nc(NC)ncc1C)C1CCCC1. The van der Waals surface area contributed by atoms with E-state index < -0.39 is 0 Å². The van der Waals surface area contributed by atoms with Crippen molar-refractivity contribution >= 4 is 11.8 Å². The van der Waals surface area contributed by atoms with E-state index in [1.807, 2.05) is 13.2 Å². The van der Waals surface area contributed by atoms with Crippen LogP contribution in [0.4, 0.5) is 11.8 Å². The number of nitrogens with one attached hydrogen (secondary N) is 1. The summed E-state index contributed by atoms with van der Waals surface area (Å²) in [6.07, 6.45) is 7.21. The van der Waals surface area contributed by atoms with Gasteiger partial charge in [-0.1, -0.05) is 12.8 Å². The lowest BCUT2D eigenvalue weighted by atomic mass is 10.2. The first-order chi connectivity index (χ1) is 8.26. The van der Waals surface area contributed by atoms with E-state index in [2.05, 4.69) is 34.0 Å². The molecule has 1 heterocycles. The van der Waals surface area contributed by atoms with Crippen molar-refractivity contribution in [3.05, 3.63) is 11.8 Å². The Hall–Kier alpha value is -1.32. The number of rotatable bonds is 4. The Morgan fingerprint density at radius 1 is 1.41 bits per heavy atom. The molecule has 0 atom stereocenters. The molecule has 0 bridgehead atoms. The molecule has 1 aromatic rings. The largest absolute Gasteiger partial charge is 0.357 e. The number of hydrogen-bond donors (Lipinski definition) is 1. The molecule has 17 heavy (non-hydrogen) atoms. The van der Waals surface area contributed by atoms with Gasteiger partial charge in [0.2, 0.25) is 5.95 Å². The minimum absolute atomic E-state index is 0.665. The summed E-state index contributed by atoms with van der Waals surface area (Å²) in [5.74, 6) is 1.81. The van der Waals surface area contributed by atoms with Gasteiger partial charge in [0.25, 0.3) is 0 Å². The first-order valence-corrected chi connectivity index (χ1v) is 6.54. The lowest BCUT2D eigenvalue weighted by Gasteiger charge is -2.30. The van der Waals surface area contributed by atoms with Gasteiger partial charge < -0.3 is 10.2 Å². The standard InChI is InChI=1S/C13H22N4/c1-4-17(11-7-5-6-8-11)12-10(2)9-15-13(14-3)16-12/h9,11H,4-8H2,1-3H3,(H,14,15,16). The van der Waals surface area contributed by atoms with Crippen molar-refractivity contribution in [2.45, 2.75) is 45.6 Å². The Balaban J connectivity index is 2.28. The Morgan fingerprint density at radius 2 is 2.12 bits per heavy atom. The van der Waals surface area contributed by atoms with Crippen LogP contribution in [-0.2, 0) is 0 Å². The molecule has 4 nitrogen and oxygen atoms in total. The average Bonchev–Trinajstić information content (AvgIpc) is 2.86. The van der Waals surface area contributed by atoms with E-state index >= 15 is 0 Å². The molecule has 1 aliphatic rings.